The van der Waals surface area contributed by atoms with E-state index in [-0.39, 0.29) is 5.91 Å². The molecule has 1 aliphatic rings. The summed E-state index contributed by atoms with van der Waals surface area (Å²) in [5, 5.41) is 3.05. The van der Waals surface area contributed by atoms with E-state index in [1.807, 2.05) is 30.3 Å². The molecule has 0 radical (unpaired) electrons. The third-order valence-corrected chi connectivity index (χ3v) is 4.64. The summed E-state index contributed by atoms with van der Waals surface area (Å²) < 4.78 is 5.20. The molecule has 1 N–H and O–H groups in total. The van der Waals surface area contributed by atoms with Gasteiger partial charge in [0.25, 0.3) is 5.91 Å². The van der Waals surface area contributed by atoms with Crippen molar-refractivity contribution in [3.05, 3.63) is 54.1 Å². The topological polar surface area (TPSA) is 44.8 Å². The summed E-state index contributed by atoms with van der Waals surface area (Å²) in [6.07, 6.45) is 0. The van der Waals surface area contributed by atoms with Gasteiger partial charge in [-0.2, -0.15) is 0 Å². The predicted octanol–water partition coefficient (Wildman–Crippen LogP) is 3.09. The Kier molecular flexibility index (Phi) is 5.56. The molecule has 0 aromatic heterocycles. The third kappa shape index (κ3) is 4.12. The predicted molar refractivity (Wildman–Crippen MR) is 102 cm³/mol. The molecule has 25 heavy (non-hydrogen) atoms. The molecule has 1 fully saturated rings. The Morgan fingerprint density at radius 1 is 1.08 bits per heavy atom. The number of hydrogen-bond acceptors (Lipinski definition) is 4. The number of likely N-dealkylation sites (N-methyl/N-ethyl adjacent to an activating group) is 1. The maximum atomic E-state index is 12.6. The number of nitrogens with one attached hydrogen (secondary N) is 1. The van der Waals surface area contributed by atoms with Gasteiger partial charge in [0.2, 0.25) is 0 Å². The Bertz CT molecular complexity index is 724. The van der Waals surface area contributed by atoms with E-state index in [0.717, 1.165) is 44.1 Å². The van der Waals surface area contributed by atoms with Crippen molar-refractivity contribution in [1.29, 1.82) is 0 Å². The standard InChI is InChI=1S/C20H25N3O2/c1-3-22-11-13-23(14-12-22)19-10-5-4-9-18(19)21-20(24)16-7-6-8-17(15-16)25-2/h4-10,15H,3,11-14H2,1-2H3,(H,21,24). The summed E-state index contributed by atoms with van der Waals surface area (Å²) in [6, 6.07) is 15.2. The zero-order valence-electron chi connectivity index (χ0n) is 14.9. The number of nitrogens with zero attached hydrogens (tertiary/aromatic N) is 2. The first kappa shape index (κ1) is 17.3. The van der Waals surface area contributed by atoms with Crippen LogP contribution in [0.25, 0.3) is 0 Å². The number of anilines is 2. The molecule has 2 aromatic rings. The first-order valence-electron chi connectivity index (χ1n) is 8.73. The van der Waals surface area contributed by atoms with Gasteiger partial charge in [-0.15, -0.1) is 0 Å². The normalized spacial score (nSPS) is 15.0. The van der Waals surface area contributed by atoms with Gasteiger partial charge in [-0.3, -0.25) is 4.79 Å². The molecular weight excluding hydrogens is 314 g/mol. The van der Waals surface area contributed by atoms with Crippen LogP contribution in [0, 0.1) is 0 Å². The molecule has 0 atom stereocenters. The van der Waals surface area contributed by atoms with Gasteiger partial charge in [-0.05, 0) is 36.9 Å². The first-order valence-corrected chi connectivity index (χ1v) is 8.73. The molecule has 0 saturated carbocycles. The fraction of sp³-hybridized carbons (Fsp3) is 0.350. The maximum Gasteiger partial charge on any atom is 0.255 e. The van der Waals surface area contributed by atoms with Crippen LogP contribution in [0.4, 0.5) is 11.4 Å². The Balaban J connectivity index is 1.75. The molecule has 5 nitrogen and oxygen atoms in total. The second-order valence-corrected chi connectivity index (χ2v) is 6.12. The second kappa shape index (κ2) is 8.03. The van der Waals surface area contributed by atoms with Crippen molar-refractivity contribution in [3.63, 3.8) is 0 Å². The number of benzene rings is 2. The number of rotatable bonds is 5. The van der Waals surface area contributed by atoms with Crippen molar-refractivity contribution in [1.82, 2.24) is 4.90 Å². The van der Waals surface area contributed by atoms with Crippen molar-refractivity contribution < 1.29 is 9.53 Å². The number of carbonyl (C=O) groups excluding carboxylic acids is 1. The lowest BCUT2D eigenvalue weighted by Crippen LogP contribution is -2.46. The van der Waals surface area contributed by atoms with E-state index in [1.165, 1.54) is 0 Å². The number of para-hydroxylation sites is 2. The molecule has 132 valence electrons. The molecule has 1 saturated heterocycles. The van der Waals surface area contributed by atoms with Crippen LogP contribution in [0.2, 0.25) is 0 Å². The molecule has 5 heteroatoms. The van der Waals surface area contributed by atoms with Gasteiger partial charge >= 0.3 is 0 Å². The third-order valence-electron chi connectivity index (χ3n) is 4.64. The maximum absolute atomic E-state index is 12.6. The zero-order chi connectivity index (χ0) is 17.6. The first-order chi connectivity index (χ1) is 12.2. The highest BCUT2D eigenvalue weighted by Crippen LogP contribution is 2.27. The highest BCUT2D eigenvalue weighted by molar-refractivity contribution is 6.06. The van der Waals surface area contributed by atoms with Crippen molar-refractivity contribution in [2.45, 2.75) is 6.92 Å². The molecule has 1 heterocycles. The average molecular weight is 339 g/mol. The Hall–Kier alpha value is -2.53. The summed E-state index contributed by atoms with van der Waals surface area (Å²) in [4.78, 5) is 17.4. The zero-order valence-corrected chi connectivity index (χ0v) is 14.9. The molecule has 0 spiro atoms. The van der Waals surface area contributed by atoms with E-state index in [1.54, 1.807) is 19.2 Å². The Labute approximate surface area is 149 Å². The van der Waals surface area contributed by atoms with Crippen LogP contribution >= 0.6 is 0 Å². The quantitative estimate of drug-likeness (QED) is 0.909. The van der Waals surface area contributed by atoms with Crippen LogP contribution in [0.5, 0.6) is 5.75 Å². The molecule has 3 rings (SSSR count). The molecular formula is C20H25N3O2. The fourth-order valence-electron chi connectivity index (χ4n) is 3.12. The number of piperazine rings is 1. The number of methoxy groups -OCH3 is 1. The Morgan fingerprint density at radius 2 is 1.84 bits per heavy atom. The highest BCUT2D eigenvalue weighted by Gasteiger charge is 2.19. The number of carbonyl (C=O) groups is 1. The van der Waals surface area contributed by atoms with Gasteiger partial charge in [0.05, 0.1) is 18.5 Å². The molecule has 1 aliphatic heterocycles. The largest absolute Gasteiger partial charge is 0.497 e. The van der Waals surface area contributed by atoms with E-state index in [0.29, 0.717) is 11.3 Å². The lowest BCUT2D eigenvalue weighted by Gasteiger charge is -2.36. The second-order valence-electron chi connectivity index (χ2n) is 6.12. The van der Waals surface area contributed by atoms with E-state index >= 15 is 0 Å². The minimum absolute atomic E-state index is 0.126. The van der Waals surface area contributed by atoms with Crippen LogP contribution in [0.3, 0.4) is 0 Å². The van der Waals surface area contributed by atoms with Gasteiger partial charge in [-0.1, -0.05) is 25.1 Å². The summed E-state index contributed by atoms with van der Waals surface area (Å²) >= 11 is 0. The van der Waals surface area contributed by atoms with Gasteiger partial charge < -0.3 is 19.9 Å². The molecule has 0 bridgehead atoms. The van der Waals surface area contributed by atoms with E-state index in [4.69, 9.17) is 4.74 Å². The molecule has 0 unspecified atom stereocenters. The van der Waals surface area contributed by atoms with E-state index in [2.05, 4.69) is 28.1 Å². The number of ether oxygens (including phenoxy) is 1. The summed E-state index contributed by atoms with van der Waals surface area (Å²) in [5.41, 5.74) is 2.51. The SMILES string of the molecule is CCN1CCN(c2ccccc2NC(=O)c2cccc(OC)c2)CC1. The van der Waals surface area contributed by atoms with Gasteiger partial charge in [0, 0.05) is 31.7 Å². The van der Waals surface area contributed by atoms with Gasteiger partial charge in [0.1, 0.15) is 5.75 Å². The van der Waals surface area contributed by atoms with Crippen molar-refractivity contribution >= 4 is 17.3 Å². The van der Waals surface area contributed by atoms with Crippen LogP contribution in [-0.2, 0) is 0 Å². The van der Waals surface area contributed by atoms with Crippen LogP contribution in [0.1, 0.15) is 17.3 Å². The number of hydrogen-bond donors (Lipinski definition) is 1. The van der Waals surface area contributed by atoms with Gasteiger partial charge in [0.15, 0.2) is 0 Å². The lowest BCUT2D eigenvalue weighted by molar-refractivity contribution is 0.102. The van der Waals surface area contributed by atoms with Crippen LogP contribution < -0.4 is 15.0 Å². The summed E-state index contributed by atoms with van der Waals surface area (Å²) in [6.45, 7) is 7.32. The van der Waals surface area contributed by atoms with Crippen LogP contribution in [0.15, 0.2) is 48.5 Å². The van der Waals surface area contributed by atoms with Gasteiger partial charge in [-0.25, -0.2) is 0 Å². The highest BCUT2D eigenvalue weighted by atomic mass is 16.5. The summed E-state index contributed by atoms with van der Waals surface area (Å²) in [5.74, 6) is 0.551. The lowest BCUT2D eigenvalue weighted by atomic mass is 10.1. The minimum Gasteiger partial charge on any atom is -0.497 e. The fourth-order valence-corrected chi connectivity index (χ4v) is 3.12. The minimum atomic E-state index is -0.126. The molecule has 1 amide bonds. The molecule has 2 aromatic carbocycles. The van der Waals surface area contributed by atoms with E-state index < -0.39 is 0 Å². The Morgan fingerprint density at radius 3 is 2.56 bits per heavy atom. The summed E-state index contributed by atoms with van der Waals surface area (Å²) in [7, 11) is 1.60. The van der Waals surface area contributed by atoms with Crippen molar-refractivity contribution in [2.24, 2.45) is 0 Å². The monoisotopic (exact) mass is 339 g/mol. The number of amides is 1. The van der Waals surface area contributed by atoms with Crippen LogP contribution in [-0.4, -0.2) is 50.6 Å². The molecule has 0 aliphatic carbocycles. The smallest absolute Gasteiger partial charge is 0.255 e. The van der Waals surface area contributed by atoms with E-state index in [9.17, 15) is 4.79 Å². The average Bonchev–Trinajstić information content (AvgIpc) is 2.68. The van der Waals surface area contributed by atoms with Crippen molar-refractivity contribution in [2.75, 3.05) is 50.1 Å². The van der Waals surface area contributed by atoms with Crippen molar-refractivity contribution in [3.8, 4) is 5.75 Å².